The van der Waals surface area contributed by atoms with E-state index in [1.54, 1.807) is 3.22 Å². The fourth-order valence-electron chi connectivity index (χ4n) is 0.170. The highest BCUT2D eigenvalue weighted by Gasteiger charge is 1.75. The summed E-state index contributed by atoms with van der Waals surface area (Å²) in [6, 6.07) is 0. The molecule has 0 heterocycles. The van der Waals surface area contributed by atoms with Crippen LogP contribution in [0.15, 0.2) is 17.4 Å². The molecule has 0 amide bonds. The predicted molar refractivity (Wildman–Crippen MR) is 40.2 cm³/mol. The first-order valence-electron chi connectivity index (χ1n) is 1.85. The van der Waals surface area contributed by atoms with Gasteiger partial charge in [0, 0.05) is 12.9 Å². The molecule has 3 heteroatoms. The lowest BCUT2D eigenvalue weighted by atomic mass is 10.7. The Morgan fingerprint density at radius 3 is 2.57 bits per heavy atom. The van der Waals surface area contributed by atoms with E-state index in [1.165, 1.54) is 0 Å². The van der Waals surface area contributed by atoms with Crippen LogP contribution < -0.4 is 0 Å². The van der Waals surface area contributed by atoms with Gasteiger partial charge in [0.2, 0.25) is 0 Å². The Bertz CT molecular complexity index is 79.8. The fourth-order valence-corrected chi connectivity index (χ4v) is 0.492. The van der Waals surface area contributed by atoms with Crippen LogP contribution in [0.4, 0.5) is 0 Å². The minimum absolute atomic E-state index is 1.61. The molecule has 0 aromatic heterocycles. The minimum Gasteiger partial charge on any atom is -0.213 e. The predicted octanol–water partition coefficient (Wildman–Crippen LogP) is 1.79. The quantitative estimate of drug-likeness (QED) is 0.293. The maximum absolute atomic E-state index is 3.56. The van der Waals surface area contributed by atoms with E-state index in [1.807, 2.05) is 42.1 Å². The zero-order valence-corrected chi connectivity index (χ0v) is 6.29. The maximum atomic E-state index is 3.56. The van der Waals surface area contributed by atoms with Crippen LogP contribution in [0.2, 0.25) is 0 Å². The van der Waals surface area contributed by atoms with Crippen LogP contribution in [0, 0.1) is 0 Å². The molecule has 0 saturated carbocycles. The summed E-state index contributed by atoms with van der Waals surface area (Å²) in [7, 11) is 0. The lowest BCUT2D eigenvalue weighted by Gasteiger charge is -1.96. The minimum atomic E-state index is 1.61. The largest absolute Gasteiger partial charge is 0.213 e. The van der Waals surface area contributed by atoms with E-state index < -0.39 is 0 Å². The van der Waals surface area contributed by atoms with Gasteiger partial charge in [0.15, 0.2) is 0 Å². The van der Waals surface area contributed by atoms with E-state index in [-0.39, 0.29) is 0 Å². The number of rotatable bonds is 2. The summed E-state index contributed by atoms with van der Waals surface area (Å²) in [5.41, 5.74) is 0. The second kappa shape index (κ2) is 4.11. The van der Waals surface area contributed by atoms with Gasteiger partial charge < -0.3 is 0 Å². The van der Waals surface area contributed by atoms with E-state index >= 15 is 0 Å². The Labute approximate surface area is 57.4 Å². The zero-order chi connectivity index (χ0) is 5.70. The van der Waals surface area contributed by atoms with E-state index in [2.05, 4.69) is 11.8 Å². The van der Waals surface area contributed by atoms with Gasteiger partial charge >= 0.3 is 0 Å². The van der Waals surface area contributed by atoms with Crippen LogP contribution in [-0.2, 0) is 0 Å². The number of hydrogen-bond donors (Lipinski definition) is 0. The smallest absolute Gasteiger partial charge is 0.0842 e. The first-order valence-corrected chi connectivity index (χ1v) is 2.82. The van der Waals surface area contributed by atoms with Crippen molar-refractivity contribution in [3.63, 3.8) is 0 Å². The van der Waals surface area contributed by atoms with Crippen molar-refractivity contribution in [2.45, 2.75) is 6.92 Å². The third-order valence-corrected chi connectivity index (χ3v) is 1.03. The zero-order valence-electron chi connectivity index (χ0n) is 4.13. The van der Waals surface area contributed by atoms with E-state index in [4.69, 9.17) is 0 Å². The van der Waals surface area contributed by atoms with Crippen LogP contribution in [0.5, 0.6) is 0 Å². The molecule has 7 heavy (non-hydrogen) atoms. The Kier molecular flexibility index (Phi) is 4.07. The summed E-state index contributed by atoms with van der Waals surface area (Å²) in [6.45, 7) is 5.22. The molecule has 0 atom stereocenters. The van der Waals surface area contributed by atoms with E-state index in [9.17, 15) is 0 Å². The number of halogens is 1. The van der Waals surface area contributed by atoms with Crippen LogP contribution in [0.1, 0.15) is 6.92 Å². The number of hydrazone groups is 1. The summed E-state index contributed by atoms with van der Waals surface area (Å²) < 4.78 is 1.61. The van der Waals surface area contributed by atoms with Gasteiger partial charge in [-0.15, -0.1) is 0 Å². The van der Waals surface area contributed by atoms with Gasteiger partial charge in [-0.25, -0.2) is 3.22 Å². The van der Waals surface area contributed by atoms with Gasteiger partial charge in [0.05, 0.1) is 22.9 Å². The lowest BCUT2D eigenvalue weighted by molar-refractivity contribution is 0.737. The molecular formula is C4H7IN2. The second-order valence-electron chi connectivity index (χ2n) is 0.912. The van der Waals surface area contributed by atoms with Crippen molar-refractivity contribution in [1.82, 2.24) is 3.22 Å². The molecule has 40 valence electrons. The number of allylic oxidation sites excluding steroid dienone is 1. The Morgan fingerprint density at radius 1 is 1.86 bits per heavy atom. The molecule has 0 aliphatic heterocycles. The van der Waals surface area contributed by atoms with Crippen molar-refractivity contribution < 1.29 is 0 Å². The summed E-state index contributed by atoms with van der Waals surface area (Å²) in [6.07, 6.45) is 3.70. The second-order valence-corrected chi connectivity index (χ2v) is 1.90. The molecule has 0 aromatic rings. The van der Waals surface area contributed by atoms with Gasteiger partial charge in [-0.3, -0.25) is 0 Å². The maximum Gasteiger partial charge on any atom is 0.0842 e. The normalized spacial score (nSPS) is 9.43. The first-order chi connectivity index (χ1) is 3.31. The Balaban J connectivity index is 3.35. The molecule has 0 rings (SSSR count). The highest BCUT2D eigenvalue weighted by molar-refractivity contribution is 14.1. The highest BCUT2D eigenvalue weighted by atomic mass is 127. The average molecular weight is 210 g/mol. The number of nitrogens with zero attached hydrogens (tertiary/aromatic N) is 2. The van der Waals surface area contributed by atoms with Gasteiger partial charge in [-0.2, -0.15) is 5.10 Å². The molecule has 0 radical (unpaired) electrons. The summed E-state index contributed by atoms with van der Waals surface area (Å²) in [5, 5.41) is 3.56. The van der Waals surface area contributed by atoms with Gasteiger partial charge in [-0.1, -0.05) is 6.08 Å². The van der Waals surface area contributed by atoms with Gasteiger partial charge in [0.1, 0.15) is 0 Å². The van der Waals surface area contributed by atoms with E-state index in [0.29, 0.717) is 0 Å². The van der Waals surface area contributed by atoms with Gasteiger partial charge in [0.25, 0.3) is 0 Å². The summed E-state index contributed by atoms with van der Waals surface area (Å²) in [5.74, 6) is 0. The van der Waals surface area contributed by atoms with E-state index in [0.717, 1.165) is 0 Å². The van der Waals surface area contributed by atoms with Crippen LogP contribution in [0.3, 0.4) is 0 Å². The Hall–Kier alpha value is -0.0600. The molecule has 2 nitrogen and oxygen atoms in total. The van der Waals surface area contributed by atoms with Crippen molar-refractivity contribution in [1.29, 1.82) is 0 Å². The van der Waals surface area contributed by atoms with Crippen LogP contribution in [0.25, 0.3) is 0 Å². The van der Waals surface area contributed by atoms with Gasteiger partial charge in [-0.05, 0) is 6.92 Å². The molecule has 0 fully saturated rings. The lowest BCUT2D eigenvalue weighted by Crippen LogP contribution is -1.86. The van der Waals surface area contributed by atoms with Crippen LogP contribution in [-0.4, -0.2) is 9.94 Å². The summed E-state index contributed by atoms with van der Waals surface area (Å²) in [4.78, 5) is 0. The molecular weight excluding hydrogens is 203 g/mol. The molecule has 0 spiro atoms. The molecule has 0 saturated heterocycles. The van der Waals surface area contributed by atoms with Crippen molar-refractivity contribution >= 4 is 29.6 Å². The Morgan fingerprint density at radius 2 is 2.43 bits per heavy atom. The van der Waals surface area contributed by atoms with Crippen LogP contribution >= 0.6 is 22.9 Å². The molecule has 0 unspecified atom stereocenters. The van der Waals surface area contributed by atoms with Crippen molar-refractivity contribution in [3.8, 4) is 0 Å². The third-order valence-electron chi connectivity index (χ3n) is 0.407. The molecule has 0 aromatic carbocycles. The fraction of sp³-hybridized carbons (Fsp3) is 0.250. The topological polar surface area (TPSA) is 15.6 Å². The molecule has 0 aliphatic rings. The van der Waals surface area contributed by atoms with Crippen molar-refractivity contribution in [2.24, 2.45) is 5.10 Å². The SMILES string of the molecule is C=NN(I)/C=C\C. The third kappa shape index (κ3) is 3.78. The summed E-state index contributed by atoms with van der Waals surface area (Å²) >= 11 is 2.02. The molecule has 0 aliphatic carbocycles. The molecule has 0 N–H and O–H groups in total. The number of hydrogen-bond acceptors (Lipinski definition) is 2. The van der Waals surface area contributed by atoms with Crippen molar-refractivity contribution in [2.75, 3.05) is 0 Å². The highest BCUT2D eigenvalue weighted by Crippen LogP contribution is 1.97. The first kappa shape index (κ1) is 6.94. The average Bonchev–Trinajstić information content (AvgIpc) is 1.68. The molecule has 0 bridgehead atoms. The monoisotopic (exact) mass is 210 g/mol. The standard InChI is InChI=1S/C4H7IN2/c1-3-4-7(5)6-2/h3-4H,2H2,1H3/b4-3-. The van der Waals surface area contributed by atoms with Crippen molar-refractivity contribution in [3.05, 3.63) is 12.3 Å².